The third kappa shape index (κ3) is 3.85. The van der Waals surface area contributed by atoms with Crippen molar-refractivity contribution >= 4 is 17.4 Å². The first-order chi connectivity index (χ1) is 8.74. The van der Waals surface area contributed by atoms with Crippen LogP contribution in [0, 0.1) is 6.92 Å². The number of hydrogen-bond acceptors (Lipinski definition) is 4. The van der Waals surface area contributed by atoms with E-state index in [-0.39, 0.29) is 6.61 Å². The first-order valence-corrected chi connectivity index (χ1v) is 6.41. The molecule has 1 heterocycles. The van der Waals surface area contributed by atoms with E-state index >= 15 is 0 Å². The van der Waals surface area contributed by atoms with Gasteiger partial charge in [0.1, 0.15) is 11.6 Å². The highest BCUT2D eigenvalue weighted by molar-refractivity contribution is 7.11. The number of benzene rings is 1. The molecule has 1 aromatic carbocycles. The number of aromatic nitrogens is 1. The summed E-state index contributed by atoms with van der Waals surface area (Å²) in [5.41, 5.74) is 0.970. The van der Waals surface area contributed by atoms with Crippen LogP contribution in [-0.4, -0.2) is 11.1 Å². The zero-order chi connectivity index (χ0) is 12.8. The smallest absolute Gasteiger partial charge is 0.407 e. The van der Waals surface area contributed by atoms with Crippen LogP contribution < -0.4 is 5.32 Å². The minimum Gasteiger partial charge on any atom is -0.445 e. The van der Waals surface area contributed by atoms with E-state index < -0.39 is 6.09 Å². The molecule has 1 aromatic heterocycles. The van der Waals surface area contributed by atoms with Crippen LogP contribution in [0.25, 0.3) is 0 Å². The fourth-order valence-electron chi connectivity index (χ4n) is 1.41. The molecule has 1 N–H and O–H groups in total. The average Bonchev–Trinajstić information content (AvgIpc) is 2.81. The van der Waals surface area contributed by atoms with Gasteiger partial charge in [-0.15, -0.1) is 11.3 Å². The number of thiazole rings is 1. The third-order valence-corrected chi connectivity index (χ3v) is 3.18. The second-order valence-corrected chi connectivity index (χ2v) is 5.10. The molecule has 94 valence electrons. The summed E-state index contributed by atoms with van der Waals surface area (Å²) in [6.45, 7) is 2.67. The Kier molecular flexibility index (Phi) is 4.30. The summed E-state index contributed by atoms with van der Waals surface area (Å²) in [6.07, 6.45) is 1.36. The van der Waals surface area contributed by atoms with Gasteiger partial charge < -0.3 is 10.1 Å². The lowest BCUT2D eigenvalue weighted by molar-refractivity contribution is 0.139. The number of amides is 1. The Hall–Kier alpha value is -1.88. The van der Waals surface area contributed by atoms with Gasteiger partial charge in [0.25, 0.3) is 0 Å². The molecular formula is C13H14N2O2S. The van der Waals surface area contributed by atoms with Crippen LogP contribution in [0.4, 0.5) is 4.79 Å². The Morgan fingerprint density at radius 2 is 2.17 bits per heavy atom. The molecule has 0 radical (unpaired) electrons. The summed E-state index contributed by atoms with van der Waals surface area (Å²) in [5, 5.41) is 3.55. The van der Waals surface area contributed by atoms with Crippen LogP contribution in [0.3, 0.4) is 0 Å². The molecule has 0 saturated heterocycles. The summed E-state index contributed by atoms with van der Waals surface area (Å²) in [6, 6.07) is 9.58. The summed E-state index contributed by atoms with van der Waals surface area (Å²) in [7, 11) is 0. The zero-order valence-corrected chi connectivity index (χ0v) is 10.9. The lowest BCUT2D eigenvalue weighted by Gasteiger charge is -2.05. The normalized spacial score (nSPS) is 10.1. The molecule has 0 aliphatic carbocycles. The van der Waals surface area contributed by atoms with Crippen molar-refractivity contribution < 1.29 is 9.53 Å². The topological polar surface area (TPSA) is 51.2 Å². The predicted octanol–water partition coefficient (Wildman–Crippen LogP) is 2.88. The van der Waals surface area contributed by atoms with Crippen LogP contribution in [0.2, 0.25) is 0 Å². The lowest BCUT2D eigenvalue weighted by atomic mass is 10.2. The van der Waals surface area contributed by atoms with E-state index in [0.717, 1.165) is 15.4 Å². The maximum absolute atomic E-state index is 11.4. The maximum Gasteiger partial charge on any atom is 0.407 e. The Morgan fingerprint density at radius 1 is 1.39 bits per heavy atom. The Labute approximate surface area is 110 Å². The number of nitrogens with one attached hydrogen (secondary N) is 1. The molecule has 0 bridgehead atoms. The first kappa shape index (κ1) is 12.6. The number of alkyl carbamates (subject to hydrolysis) is 1. The van der Waals surface area contributed by atoms with Crippen molar-refractivity contribution in [3.8, 4) is 0 Å². The van der Waals surface area contributed by atoms with Gasteiger partial charge in [-0.3, -0.25) is 0 Å². The summed E-state index contributed by atoms with van der Waals surface area (Å²) < 4.78 is 5.08. The minimum atomic E-state index is -0.424. The highest BCUT2D eigenvalue weighted by atomic mass is 32.1. The van der Waals surface area contributed by atoms with Gasteiger partial charge in [-0.2, -0.15) is 0 Å². The molecule has 18 heavy (non-hydrogen) atoms. The van der Waals surface area contributed by atoms with Crippen LogP contribution in [0.5, 0.6) is 0 Å². The maximum atomic E-state index is 11.4. The number of nitrogens with zero attached hydrogens (tertiary/aromatic N) is 1. The number of carbonyl (C=O) groups excluding carboxylic acids is 1. The second kappa shape index (κ2) is 6.16. The number of aryl methyl sites for hydroxylation is 1. The van der Waals surface area contributed by atoms with Gasteiger partial charge >= 0.3 is 6.09 Å². The van der Waals surface area contributed by atoms with E-state index in [9.17, 15) is 4.79 Å². The lowest BCUT2D eigenvalue weighted by Crippen LogP contribution is -2.23. The highest BCUT2D eigenvalue weighted by Crippen LogP contribution is 2.10. The molecular weight excluding hydrogens is 248 g/mol. The van der Waals surface area contributed by atoms with Crippen molar-refractivity contribution in [2.24, 2.45) is 0 Å². The van der Waals surface area contributed by atoms with Gasteiger partial charge in [-0.25, -0.2) is 9.78 Å². The quantitative estimate of drug-likeness (QED) is 0.921. The molecule has 1 amide bonds. The molecule has 0 atom stereocenters. The first-order valence-electron chi connectivity index (χ1n) is 5.60. The Balaban J connectivity index is 1.73. The summed E-state index contributed by atoms with van der Waals surface area (Å²) in [4.78, 5) is 16.7. The van der Waals surface area contributed by atoms with E-state index in [1.807, 2.05) is 37.3 Å². The third-order valence-electron chi connectivity index (χ3n) is 2.27. The molecule has 0 spiro atoms. The monoisotopic (exact) mass is 262 g/mol. The number of carbonyl (C=O) groups is 1. The van der Waals surface area contributed by atoms with Crippen molar-refractivity contribution in [3.05, 3.63) is 52.0 Å². The SMILES string of the molecule is Cc1cnc(CNC(=O)OCc2ccccc2)s1. The summed E-state index contributed by atoms with van der Waals surface area (Å²) >= 11 is 1.56. The number of hydrogen-bond donors (Lipinski definition) is 1. The van der Waals surface area contributed by atoms with Crippen LogP contribution in [0.1, 0.15) is 15.4 Å². The van der Waals surface area contributed by atoms with Crippen molar-refractivity contribution in [1.82, 2.24) is 10.3 Å². The average molecular weight is 262 g/mol. The molecule has 4 nitrogen and oxygen atoms in total. The highest BCUT2D eigenvalue weighted by Gasteiger charge is 2.04. The van der Waals surface area contributed by atoms with Gasteiger partial charge in [0.15, 0.2) is 0 Å². The van der Waals surface area contributed by atoms with Crippen LogP contribution in [0.15, 0.2) is 36.5 Å². The Morgan fingerprint density at radius 3 is 2.83 bits per heavy atom. The van der Waals surface area contributed by atoms with Crippen LogP contribution in [-0.2, 0) is 17.9 Å². The molecule has 0 saturated carbocycles. The summed E-state index contributed by atoms with van der Waals surface area (Å²) in [5.74, 6) is 0. The van der Waals surface area contributed by atoms with Gasteiger partial charge in [0.2, 0.25) is 0 Å². The fraction of sp³-hybridized carbons (Fsp3) is 0.231. The van der Waals surface area contributed by atoms with Crippen molar-refractivity contribution in [2.75, 3.05) is 0 Å². The standard InChI is InChI=1S/C13H14N2O2S/c1-10-7-14-12(18-10)8-15-13(16)17-9-11-5-3-2-4-6-11/h2-7H,8-9H2,1H3,(H,15,16). The van der Waals surface area contributed by atoms with Gasteiger partial charge in [-0.05, 0) is 12.5 Å². The minimum absolute atomic E-state index is 0.281. The fourth-order valence-corrected chi connectivity index (χ4v) is 2.13. The second-order valence-electron chi connectivity index (χ2n) is 3.78. The largest absolute Gasteiger partial charge is 0.445 e. The van der Waals surface area contributed by atoms with E-state index in [2.05, 4.69) is 10.3 Å². The predicted molar refractivity (Wildman–Crippen MR) is 70.3 cm³/mol. The molecule has 5 heteroatoms. The molecule has 2 aromatic rings. The van der Waals surface area contributed by atoms with Gasteiger partial charge in [0, 0.05) is 11.1 Å². The zero-order valence-electron chi connectivity index (χ0n) is 10.1. The Bertz CT molecular complexity index is 511. The number of ether oxygens (including phenoxy) is 1. The van der Waals surface area contributed by atoms with Crippen molar-refractivity contribution in [1.29, 1.82) is 0 Å². The van der Waals surface area contributed by atoms with Gasteiger partial charge in [0.05, 0.1) is 6.54 Å². The van der Waals surface area contributed by atoms with Crippen LogP contribution >= 0.6 is 11.3 Å². The van der Waals surface area contributed by atoms with Crippen molar-refractivity contribution in [2.45, 2.75) is 20.1 Å². The molecule has 0 aliphatic heterocycles. The number of rotatable bonds is 4. The van der Waals surface area contributed by atoms with Crippen molar-refractivity contribution in [3.63, 3.8) is 0 Å². The van der Waals surface area contributed by atoms with E-state index in [1.165, 1.54) is 0 Å². The van der Waals surface area contributed by atoms with Gasteiger partial charge in [-0.1, -0.05) is 30.3 Å². The molecule has 2 rings (SSSR count). The van der Waals surface area contributed by atoms with E-state index in [4.69, 9.17) is 4.74 Å². The van der Waals surface area contributed by atoms with E-state index in [0.29, 0.717) is 6.54 Å². The van der Waals surface area contributed by atoms with E-state index in [1.54, 1.807) is 17.5 Å². The molecule has 0 unspecified atom stereocenters. The molecule has 0 aliphatic rings. The molecule has 0 fully saturated rings.